The van der Waals surface area contributed by atoms with Gasteiger partial charge in [0.15, 0.2) is 0 Å². The van der Waals surface area contributed by atoms with E-state index in [-0.39, 0.29) is 42.1 Å². The Morgan fingerprint density at radius 3 is 2.44 bits per heavy atom. The van der Waals surface area contributed by atoms with Crippen LogP contribution in [0, 0.1) is 17.8 Å². The van der Waals surface area contributed by atoms with Crippen molar-refractivity contribution in [2.75, 3.05) is 27.7 Å². The molecule has 0 unspecified atom stereocenters. The SMILES string of the molecule is CC(C)C[C@@H]1NC(=O)[C@]2(N(C)C(=O)[C@@H](NC(=O)OC(C)(C)C)C3CC3)C[C@@H]2/C=C/CCCCN(C)C(=O)[C@H](Cc2cc(Cl)cnc2OC2CC2)N(C)C1=O. The van der Waals surface area contributed by atoms with E-state index < -0.39 is 47.2 Å². The van der Waals surface area contributed by atoms with Crippen LogP contribution < -0.4 is 15.4 Å². The second-order valence-corrected chi connectivity index (χ2v) is 17.5. The molecule has 5 atom stereocenters. The van der Waals surface area contributed by atoms with E-state index in [9.17, 15) is 24.0 Å². The maximum Gasteiger partial charge on any atom is 0.408 e. The third-order valence-electron chi connectivity index (χ3n) is 10.7. The molecule has 5 amide bonds. The summed E-state index contributed by atoms with van der Waals surface area (Å²) in [6.45, 7) is 9.69. The van der Waals surface area contributed by atoms with Crippen molar-refractivity contribution >= 4 is 41.3 Å². The lowest BCUT2D eigenvalue weighted by Gasteiger charge is -2.36. The van der Waals surface area contributed by atoms with Crippen LogP contribution in [0.25, 0.3) is 0 Å². The number of fused-ring (bicyclic) bond motifs is 1. The van der Waals surface area contributed by atoms with Gasteiger partial charge >= 0.3 is 6.09 Å². The third kappa shape index (κ3) is 10.2. The number of ether oxygens (including phenoxy) is 2. The molecule has 3 aliphatic carbocycles. The zero-order valence-electron chi connectivity index (χ0n) is 33.2. The molecule has 13 nitrogen and oxygen atoms in total. The number of hydrogen-bond acceptors (Lipinski definition) is 8. The second kappa shape index (κ2) is 16.9. The molecular weight excluding hydrogens is 712 g/mol. The number of carbonyl (C=O) groups is 5. The number of likely N-dealkylation sites (N-methyl/N-ethyl adjacent to an activating group) is 3. The van der Waals surface area contributed by atoms with Gasteiger partial charge < -0.3 is 34.8 Å². The van der Waals surface area contributed by atoms with Crippen molar-refractivity contribution in [2.45, 2.75) is 134 Å². The molecule has 0 bridgehead atoms. The number of nitrogens with zero attached hydrogens (tertiary/aromatic N) is 4. The number of nitrogens with one attached hydrogen (secondary N) is 2. The summed E-state index contributed by atoms with van der Waals surface area (Å²) >= 11 is 6.39. The predicted octanol–water partition coefficient (Wildman–Crippen LogP) is 4.90. The van der Waals surface area contributed by atoms with Gasteiger partial charge in [0.1, 0.15) is 35.4 Å². The number of carbonyl (C=O) groups excluding carboxylic acids is 5. The molecule has 0 saturated heterocycles. The number of alkyl carbamates (subject to hydrolysis) is 1. The minimum Gasteiger partial charge on any atom is -0.474 e. The Morgan fingerprint density at radius 2 is 1.81 bits per heavy atom. The molecule has 2 N–H and O–H groups in total. The summed E-state index contributed by atoms with van der Waals surface area (Å²) < 4.78 is 11.6. The largest absolute Gasteiger partial charge is 0.474 e. The Balaban J connectivity index is 1.45. The first-order valence-corrected chi connectivity index (χ1v) is 19.9. The van der Waals surface area contributed by atoms with Crippen LogP contribution in [-0.4, -0.2) is 112 Å². The van der Waals surface area contributed by atoms with Gasteiger partial charge in [0.25, 0.3) is 0 Å². The lowest BCUT2D eigenvalue weighted by Crippen LogP contribution is -2.61. The van der Waals surface area contributed by atoms with Crippen molar-refractivity contribution in [1.29, 1.82) is 0 Å². The Hall–Kier alpha value is -3.87. The molecule has 1 aromatic heterocycles. The molecule has 3 saturated carbocycles. The van der Waals surface area contributed by atoms with E-state index in [0.29, 0.717) is 35.9 Å². The number of amides is 5. The topological polar surface area (TPSA) is 150 Å². The van der Waals surface area contributed by atoms with Crippen LogP contribution in [0.3, 0.4) is 0 Å². The highest BCUT2D eigenvalue weighted by Crippen LogP contribution is 2.50. The van der Waals surface area contributed by atoms with E-state index >= 15 is 0 Å². The summed E-state index contributed by atoms with van der Waals surface area (Å²) in [6.07, 6.45) is 11.3. The van der Waals surface area contributed by atoms with Gasteiger partial charge in [-0.2, -0.15) is 0 Å². The van der Waals surface area contributed by atoms with Gasteiger partial charge in [-0.1, -0.05) is 37.6 Å². The van der Waals surface area contributed by atoms with Crippen molar-refractivity contribution < 1.29 is 33.4 Å². The first-order valence-electron chi connectivity index (χ1n) is 19.5. The molecule has 2 heterocycles. The van der Waals surface area contributed by atoms with Gasteiger partial charge in [-0.05, 0) is 96.5 Å². The highest BCUT2D eigenvalue weighted by Gasteiger charge is 2.64. The highest BCUT2D eigenvalue weighted by molar-refractivity contribution is 6.30. The summed E-state index contributed by atoms with van der Waals surface area (Å²) in [5.41, 5.74) is -1.39. The summed E-state index contributed by atoms with van der Waals surface area (Å²) in [4.78, 5) is 79.5. The molecule has 1 aliphatic heterocycles. The molecule has 1 aromatic rings. The van der Waals surface area contributed by atoms with Crippen molar-refractivity contribution in [3.63, 3.8) is 0 Å². The Bertz CT molecular complexity index is 1600. The standard InChI is InChI=1S/C40H59ClN6O7/c1-24(2)19-30-34(48)46(7)31(21-26-20-28(41)23-42-33(26)53-29-16-17-29)35(49)45(6)18-12-10-9-11-13-27-22-40(27,37(51)43-30)47(8)36(50)32(25-14-15-25)44-38(52)54-39(3,4)5/h11,13,20,23-25,27,29-32H,9-10,12,14-19,21-22H2,1-8H3,(H,43,51)(H,44,52)/b13-11+/t27-,30-,31-,32-,40-/m0/s1. The fourth-order valence-electron chi connectivity index (χ4n) is 7.23. The van der Waals surface area contributed by atoms with E-state index in [2.05, 4.69) is 15.6 Å². The third-order valence-corrected chi connectivity index (χ3v) is 10.9. The van der Waals surface area contributed by atoms with Crippen LogP contribution in [0.15, 0.2) is 24.4 Å². The summed E-state index contributed by atoms with van der Waals surface area (Å²) in [5, 5.41) is 6.22. The Labute approximate surface area is 324 Å². The van der Waals surface area contributed by atoms with Gasteiger partial charge in [-0.15, -0.1) is 0 Å². The monoisotopic (exact) mass is 770 g/mol. The molecule has 3 fully saturated rings. The lowest BCUT2D eigenvalue weighted by atomic mass is 9.98. The number of hydrogen-bond donors (Lipinski definition) is 2. The molecule has 4 aliphatic rings. The zero-order valence-corrected chi connectivity index (χ0v) is 33.9. The number of pyridine rings is 1. The van der Waals surface area contributed by atoms with Crippen molar-refractivity contribution in [3.05, 3.63) is 35.0 Å². The van der Waals surface area contributed by atoms with Crippen molar-refractivity contribution in [3.8, 4) is 5.88 Å². The van der Waals surface area contributed by atoms with Crippen molar-refractivity contribution in [1.82, 2.24) is 30.3 Å². The van der Waals surface area contributed by atoms with Gasteiger partial charge in [-0.25, -0.2) is 9.78 Å². The zero-order chi connectivity index (χ0) is 39.5. The number of aromatic nitrogens is 1. The Kier molecular flexibility index (Phi) is 12.9. The molecule has 0 spiro atoms. The normalized spacial score (nSPS) is 26.8. The van der Waals surface area contributed by atoms with E-state index in [1.807, 2.05) is 26.0 Å². The minimum absolute atomic E-state index is 0.00762. The van der Waals surface area contributed by atoms with E-state index in [1.54, 1.807) is 52.9 Å². The average molecular weight is 771 g/mol. The smallest absolute Gasteiger partial charge is 0.408 e. The first-order chi connectivity index (χ1) is 25.4. The maximum absolute atomic E-state index is 14.6. The number of halogens is 1. The number of rotatable bonds is 10. The van der Waals surface area contributed by atoms with E-state index in [1.165, 1.54) is 16.0 Å². The van der Waals surface area contributed by atoms with Crippen LogP contribution in [-0.2, 0) is 30.3 Å². The van der Waals surface area contributed by atoms with Crippen LogP contribution >= 0.6 is 11.6 Å². The van der Waals surface area contributed by atoms with Crippen LogP contribution in [0.2, 0.25) is 5.02 Å². The average Bonchev–Trinajstić information content (AvgIpc) is 3.96. The molecule has 5 rings (SSSR count). The van der Waals surface area contributed by atoms with E-state index in [4.69, 9.17) is 21.1 Å². The van der Waals surface area contributed by atoms with Crippen molar-refractivity contribution in [2.24, 2.45) is 17.8 Å². The molecule has 0 radical (unpaired) electrons. The van der Waals surface area contributed by atoms with Gasteiger partial charge in [-0.3, -0.25) is 19.2 Å². The quantitative estimate of drug-likeness (QED) is 0.320. The Morgan fingerprint density at radius 1 is 1.11 bits per heavy atom. The predicted molar refractivity (Wildman–Crippen MR) is 205 cm³/mol. The van der Waals surface area contributed by atoms with E-state index in [0.717, 1.165) is 44.9 Å². The summed E-state index contributed by atoms with van der Waals surface area (Å²) in [5.74, 6) is -1.43. The van der Waals surface area contributed by atoms with Gasteiger partial charge in [0.05, 0.1) is 5.02 Å². The fraction of sp³-hybridized carbons (Fsp3) is 0.700. The molecule has 0 aromatic carbocycles. The molecule has 298 valence electrons. The minimum atomic E-state index is -1.27. The first kappa shape index (κ1) is 41.3. The van der Waals surface area contributed by atoms with Crippen LogP contribution in [0.1, 0.15) is 98.0 Å². The van der Waals surface area contributed by atoms with Gasteiger partial charge in [0, 0.05) is 51.8 Å². The molecule has 54 heavy (non-hydrogen) atoms. The fourth-order valence-corrected chi connectivity index (χ4v) is 7.41. The molecule has 14 heteroatoms. The summed E-state index contributed by atoms with van der Waals surface area (Å²) in [7, 11) is 4.95. The van der Waals surface area contributed by atoms with Gasteiger partial charge in [0.2, 0.25) is 29.5 Å². The second-order valence-electron chi connectivity index (χ2n) is 17.0. The molecular formula is C40H59ClN6O7. The highest BCUT2D eigenvalue weighted by atomic mass is 35.5. The number of allylic oxidation sites excluding steroid dienone is 1. The summed E-state index contributed by atoms with van der Waals surface area (Å²) in [6, 6.07) is -1.04. The van der Waals surface area contributed by atoms with Crippen LogP contribution in [0.4, 0.5) is 4.79 Å². The lowest BCUT2D eigenvalue weighted by molar-refractivity contribution is -0.147. The van der Waals surface area contributed by atoms with Crippen LogP contribution in [0.5, 0.6) is 5.88 Å². The maximum atomic E-state index is 14.6.